The second-order valence-electron chi connectivity index (χ2n) is 4.11. The van der Waals surface area contributed by atoms with E-state index in [0.29, 0.717) is 12.4 Å². The van der Waals surface area contributed by atoms with Gasteiger partial charge in [0.15, 0.2) is 0 Å². The van der Waals surface area contributed by atoms with Gasteiger partial charge in [0.05, 0.1) is 6.26 Å². The van der Waals surface area contributed by atoms with Crippen LogP contribution in [0, 0.1) is 0 Å². The predicted molar refractivity (Wildman–Crippen MR) is 68.0 cm³/mol. The lowest BCUT2D eigenvalue weighted by atomic mass is 10.3. The summed E-state index contributed by atoms with van der Waals surface area (Å²) in [4.78, 5) is 13.7. The summed E-state index contributed by atoms with van der Waals surface area (Å²) in [5.41, 5.74) is 0. The Morgan fingerprint density at radius 2 is 2.33 bits per heavy atom. The van der Waals surface area contributed by atoms with E-state index in [1.165, 1.54) is 6.08 Å². The lowest BCUT2D eigenvalue weighted by Crippen LogP contribution is -2.44. The molecule has 0 amide bonds. The Hall–Kier alpha value is -1.59. The molecule has 0 unspecified atom stereocenters. The Morgan fingerprint density at radius 3 is 3.06 bits per heavy atom. The molecule has 0 radical (unpaired) electrons. The fraction of sp³-hybridized carbons (Fsp3) is 0.462. The first-order chi connectivity index (χ1) is 8.84. The van der Waals surface area contributed by atoms with Gasteiger partial charge in [-0.2, -0.15) is 0 Å². The highest BCUT2D eigenvalue weighted by atomic mass is 16.5. The van der Waals surface area contributed by atoms with Crippen molar-refractivity contribution in [2.45, 2.75) is 0 Å². The molecule has 2 heterocycles. The fourth-order valence-electron chi connectivity index (χ4n) is 1.79. The van der Waals surface area contributed by atoms with Gasteiger partial charge >= 0.3 is 5.97 Å². The van der Waals surface area contributed by atoms with Gasteiger partial charge in [-0.1, -0.05) is 0 Å². The van der Waals surface area contributed by atoms with Crippen molar-refractivity contribution in [3.8, 4) is 0 Å². The first-order valence-corrected chi connectivity index (χ1v) is 6.16. The highest BCUT2D eigenvalue weighted by Gasteiger charge is 2.09. The number of hydrogen-bond donors (Lipinski definition) is 1. The van der Waals surface area contributed by atoms with Crippen molar-refractivity contribution in [3.63, 3.8) is 0 Å². The van der Waals surface area contributed by atoms with E-state index >= 15 is 0 Å². The van der Waals surface area contributed by atoms with Gasteiger partial charge in [0.25, 0.3) is 0 Å². The molecule has 1 aromatic rings. The van der Waals surface area contributed by atoms with Gasteiger partial charge in [0.1, 0.15) is 12.4 Å². The van der Waals surface area contributed by atoms with Crippen LogP contribution in [0.3, 0.4) is 0 Å². The Morgan fingerprint density at radius 1 is 1.50 bits per heavy atom. The van der Waals surface area contributed by atoms with Crippen LogP contribution in [-0.4, -0.2) is 50.2 Å². The quantitative estimate of drug-likeness (QED) is 0.617. The molecule has 0 aliphatic carbocycles. The molecule has 1 aliphatic rings. The molecular weight excluding hydrogens is 232 g/mol. The molecule has 1 aromatic heterocycles. The molecular formula is C13H18N2O3. The molecule has 18 heavy (non-hydrogen) atoms. The summed E-state index contributed by atoms with van der Waals surface area (Å²) in [6, 6.07) is 3.56. The van der Waals surface area contributed by atoms with Crippen LogP contribution in [0.4, 0.5) is 0 Å². The van der Waals surface area contributed by atoms with Gasteiger partial charge in [-0.15, -0.1) is 0 Å². The Kier molecular flexibility index (Phi) is 4.99. The first kappa shape index (κ1) is 12.9. The monoisotopic (exact) mass is 250 g/mol. The van der Waals surface area contributed by atoms with E-state index in [-0.39, 0.29) is 5.97 Å². The van der Waals surface area contributed by atoms with Crippen molar-refractivity contribution in [2.24, 2.45) is 0 Å². The molecule has 0 saturated carbocycles. The molecule has 5 nitrogen and oxygen atoms in total. The molecule has 1 N–H and O–H groups in total. The second-order valence-corrected chi connectivity index (χ2v) is 4.11. The van der Waals surface area contributed by atoms with Crippen molar-refractivity contribution < 1.29 is 13.9 Å². The summed E-state index contributed by atoms with van der Waals surface area (Å²) >= 11 is 0. The van der Waals surface area contributed by atoms with Crippen molar-refractivity contribution in [1.29, 1.82) is 0 Å². The number of furan rings is 1. The summed E-state index contributed by atoms with van der Waals surface area (Å²) < 4.78 is 10.2. The van der Waals surface area contributed by atoms with Gasteiger partial charge in [0.2, 0.25) is 0 Å². The topological polar surface area (TPSA) is 54.7 Å². The average molecular weight is 250 g/mol. The molecule has 0 spiro atoms. The number of carbonyl (C=O) groups is 1. The maximum atomic E-state index is 11.4. The van der Waals surface area contributed by atoms with Crippen LogP contribution in [0.1, 0.15) is 5.76 Å². The van der Waals surface area contributed by atoms with E-state index in [1.54, 1.807) is 24.5 Å². The molecule has 1 aliphatic heterocycles. The van der Waals surface area contributed by atoms with Crippen LogP contribution in [0.15, 0.2) is 28.9 Å². The Bertz CT molecular complexity index is 381. The maximum absolute atomic E-state index is 11.4. The van der Waals surface area contributed by atoms with Gasteiger partial charge < -0.3 is 14.5 Å². The number of hydrogen-bond acceptors (Lipinski definition) is 5. The first-order valence-electron chi connectivity index (χ1n) is 6.16. The zero-order valence-corrected chi connectivity index (χ0v) is 10.3. The van der Waals surface area contributed by atoms with Gasteiger partial charge in [-0.3, -0.25) is 4.90 Å². The van der Waals surface area contributed by atoms with E-state index in [4.69, 9.17) is 9.15 Å². The van der Waals surface area contributed by atoms with Crippen LogP contribution in [-0.2, 0) is 9.53 Å². The van der Waals surface area contributed by atoms with E-state index in [9.17, 15) is 4.79 Å². The average Bonchev–Trinajstić information content (AvgIpc) is 2.91. The van der Waals surface area contributed by atoms with Crippen LogP contribution >= 0.6 is 0 Å². The van der Waals surface area contributed by atoms with Gasteiger partial charge in [0, 0.05) is 38.8 Å². The second kappa shape index (κ2) is 6.98. The third-order valence-electron chi connectivity index (χ3n) is 2.79. The van der Waals surface area contributed by atoms with Crippen LogP contribution in [0.5, 0.6) is 0 Å². The third-order valence-corrected chi connectivity index (χ3v) is 2.79. The summed E-state index contributed by atoms with van der Waals surface area (Å²) in [6.45, 7) is 5.27. The van der Waals surface area contributed by atoms with Crippen molar-refractivity contribution in [2.75, 3.05) is 39.3 Å². The van der Waals surface area contributed by atoms with Crippen LogP contribution in [0.2, 0.25) is 0 Å². The van der Waals surface area contributed by atoms with Crippen LogP contribution in [0.25, 0.3) is 6.08 Å². The zero-order chi connectivity index (χ0) is 12.6. The summed E-state index contributed by atoms with van der Waals surface area (Å²) in [5, 5.41) is 3.28. The smallest absolute Gasteiger partial charge is 0.330 e. The number of nitrogens with one attached hydrogen (secondary N) is 1. The fourth-order valence-corrected chi connectivity index (χ4v) is 1.79. The zero-order valence-electron chi connectivity index (χ0n) is 10.3. The molecule has 0 atom stereocenters. The number of esters is 1. The Balaban J connectivity index is 1.62. The van der Waals surface area contributed by atoms with Crippen molar-refractivity contribution in [3.05, 3.63) is 30.2 Å². The van der Waals surface area contributed by atoms with Gasteiger partial charge in [-0.25, -0.2) is 4.79 Å². The van der Waals surface area contributed by atoms with E-state index in [2.05, 4.69) is 10.2 Å². The number of nitrogens with zero attached hydrogens (tertiary/aromatic N) is 1. The minimum atomic E-state index is -0.332. The van der Waals surface area contributed by atoms with Crippen molar-refractivity contribution in [1.82, 2.24) is 10.2 Å². The summed E-state index contributed by atoms with van der Waals surface area (Å²) in [5.74, 6) is 0.315. The normalized spacial score (nSPS) is 17.1. The summed E-state index contributed by atoms with van der Waals surface area (Å²) in [6.07, 6.45) is 4.55. The van der Waals surface area contributed by atoms with Crippen molar-refractivity contribution >= 4 is 12.0 Å². The van der Waals surface area contributed by atoms with E-state index in [1.807, 2.05) is 0 Å². The molecule has 1 saturated heterocycles. The lowest BCUT2D eigenvalue weighted by molar-refractivity contribution is -0.138. The SMILES string of the molecule is O=C(/C=C/c1ccco1)OCCN1CCNCC1. The highest BCUT2D eigenvalue weighted by Crippen LogP contribution is 2.02. The summed E-state index contributed by atoms with van der Waals surface area (Å²) in [7, 11) is 0. The number of piperazine rings is 1. The molecule has 5 heteroatoms. The number of carbonyl (C=O) groups excluding carboxylic acids is 1. The lowest BCUT2D eigenvalue weighted by Gasteiger charge is -2.26. The van der Waals surface area contributed by atoms with E-state index < -0.39 is 0 Å². The highest BCUT2D eigenvalue weighted by molar-refractivity contribution is 5.86. The molecule has 1 fully saturated rings. The molecule has 0 bridgehead atoms. The van der Waals surface area contributed by atoms with E-state index in [0.717, 1.165) is 32.7 Å². The third kappa shape index (κ3) is 4.35. The molecule has 2 rings (SSSR count). The number of rotatable bonds is 5. The van der Waals surface area contributed by atoms with Gasteiger partial charge in [-0.05, 0) is 18.2 Å². The standard InChI is InChI=1S/C13H18N2O3/c16-13(4-3-12-2-1-10-17-12)18-11-9-15-7-5-14-6-8-15/h1-4,10,14H,5-9,11H2/b4-3+. The predicted octanol–water partition coefficient (Wildman–Crippen LogP) is 0.741. The largest absolute Gasteiger partial charge is 0.465 e. The minimum absolute atomic E-state index is 0.332. The molecule has 0 aromatic carbocycles. The maximum Gasteiger partial charge on any atom is 0.330 e. The van der Waals surface area contributed by atoms with Crippen LogP contribution < -0.4 is 5.32 Å². The minimum Gasteiger partial charge on any atom is -0.465 e. The molecule has 98 valence electrons. The number of ether oxygens (including phenoxy) is 1. The Labute approximate surface area is 106 Å².